The van der Waals surface area contributed by atoms with Gasteiger partial charge in [-0.05, 0) is 44.6 Å². The predicted molar refractivity (Wildman–Crippen MR) is 110 cm³/mol. The zero-order chi connectivity index (χ0) is 20.1. The summed E-state index contributed by atoms with van der Waals surface area (Å²) in [5, 5.41) is 2.68. The average molecular weight is 407 g/mol. The number of sulfonamides is 1. The summed E-state index contributed by atoms with van der Waals surface area (Å²) in [7, 11) is -1.46. The van der Waals surface area contributed by atoms with Crippen molar-refractivity contribution < 1.29 is 13.2 Å². The number of rotatable bonds is 6. The molecule has 1 unspecified atom stereocenters. The monoisotopic (exact) mass is 406 g/mol. The molecule has 2 fully saturated rings. The van der Waals surface area contributed by atoms with E-state index in [0.29, 0.717) is 31.2 Å². The van der Waals surface area contributed by atoms with Crippen molar-refractivity contribution in [1.29, 1.82) is 0 Å². The molecule has 2 aliphatic rings. The van der Waals surface area contributed by atoms with Crippen LogP contribution in [0, 0.1) is 0 Å². The lowest BCUT2D eigenvalue weighted by Gasteiger charge is -2.42. The summed E-state index contributed by atoms with van der Waals surface area (Å²) in [5.41, 5.74) is 0.340. The molecule has 0 spiro atoms. The number of benzene rings is 1. The number of hydrogen-bond acceptors (Lipinski definition) is 5. The molecule has 154 valence electrons. The number of amides is 1. The summed E-state index contributed by atoms with van der Waals surface area (Å²) in [6, 6.07) is 6.76. The van der Waals surface area contributed by atoms with E-state index in [9.17, 15) is 13.2 Å². The minimum absolute atomic E-state index is 0.171. The Morgan fingerprint density at radius 1 is 1.25 bits per heavy atom. The lowest BCUT2D eigenvalue weighted by Crippen LogP contribution is -2.55. The fourth-order valence-electron chi connectivity index (χ4n) is 3.96. The zero-order valence-electron chi connectivity index (χ0n) is 16.5. The van der Waals surface area contributed by atoms with Gasteiger partial charge in [-0.1, -0.05) is 12.1 Å². The Labute approximate surface area is 168 Å². The van der Waals surface area contributed by atoms with Gasteiger partial charge in [-0.25, -0.2) is 8.42 Å². The number of nitrogens with zero attached hydrogens (tertiary/aromatic N) is 3. The van der Waals surface area contributed by atoms with Gasteiger partial charge in [0.2, 0.25) is 10.0 Å². The maximum absolute atomic E-state index is 13.1. The Kier molecular flexibility index (Phi) is 6.87. The van der Waals surface area contributed by atoms with Crippen LogP contribution in [-0.4, -0.2) is 87.3 Å². The van der Waals surface area contributed by atoms with Crippen molar-refractivity contribution in [2.75, 3.05) is 52.9 Å². The second kappa shape index (κ2) is 9.17. The average Bonchev–Trinajstić information content (AvgIpc) is 2.72. The third kappa shape index (κ3) is 4.81. The smallest absolute Gasteiger partial charge is 0.251 e. The van der Waals surface area contributed by atoms with E-state index in [1.54, 1.807) is 24.3 Å². The molecule has 1 atom stereocenters. The minimum Gasteiger partial charge on any atom is -0.349 e. The summed E-state index contributed by atoms with van der Waals surface area (Å²) in [4.78, 5) is 17.1. The highest BCUT2D eigenvalue weighted by atomic mass is 32.2. The van der Waals surface area contributed by atoms with Crippen LogP contribution in [0.5, 0.6) is 0 Å². The van der Waals surface area contributed by atoms with Crippen molar-refractivity contribution in [3.05, 3.63) is 42.5 Å². The number of hydrogen-bond donors (Lipinski definition) is 1. The molecule has 1 aromatic rings. The fraction of sp³-hybridized carbons (Fsp3) is 0.550. The molecule has 8 heteroatoms. The van der Waals surface area contributed by atoms with E-state index < -0.39 is 10.0 Å². The number of likely N-dealkylation sites (tertiary alicyclic amines) is 1. The summed E-state index contributed by atoms with van der Waals surface area (Å²) >= 11 is 0. The maximum Gasteiger partial charge on any atom is 0.251 e. The summed E-state index contributed by atoms with van der Waals surface area (Å²) in [6.07, 6.45) is 3.96. The number of likely N-dealkylation sites (N-methyl/N-ethyl adjacent to an activating group) is 1. The molecule has 1 amide bonds. The van der Waals surface area contributed by atoms with Crippen LogP contribution < -0.4 is 5.32 Å². The van der Waals surface area contributed by atoms with Gasteiger partial charge in [-0.2, -0.15) is 4.31 Å². The zero-order valence-corrected chi connectivity index (χ0v) is 17.3. The number of piperazine rings is 1. The van der Waals surface area contributed by atoms with Crippen molar-refractivity contribution >= 4 is 15.9 Å². The first-order valence-corrected chi connectivity index (χ1v) is 11.3. The lowest BCUT2D eigenvalue weighted by atomic mass is 10.0. The first kappa shape index (κ1) is 21.0. The van der Waals surface area contributed by atoms with Crippen LogP contribution in [0.4, 0.5) is 0 Å². The molecule has 0 bridgehead atoms. The highest BCUT2D eigenvalue weighted by Crippen LogP contribution is 2.22. The second-order valence-corrected chi connectivity index (χ2v) is 9.46. The Hall–Kier alpha value is -1.74. The third-order valence-electron chi connectivity index (χ3n) is 5.53. The predicted octanol–water partition coefficient (Wildman–Crippen LogP) is 1.00. The normalized spacial score (nSPS) is 22.7. The van der Waals surface area contributed by atoms with E-state index in [-0.39, 0.29) is 10.8 Å². The molecule has 3 rings (SSSR count). The van der Waals surface area contributed by atoms with Crippen molar-refractivity contribution in [3.8, 4) is 0 Å². The van der Waals surface area contributed by atoms with Gasteiger partial charge < -0.3 is 10.2 Å². The Morgan fingerprint density at radius 3 is 2.68 bits per heavy atom. The van der Waals surface area contributed by atoms with Crippen molar-refractivity contribution in [1.82, 2.24) is 19.4 Å². The molecule has 0 radical (unpaired) electrons. The standard InChI is InChI=1S/C20H30N4O3S/c1-3-9-21-20(25)17-6-4-8-19(15-17)28(26,27)24-13-11-23(12-14-24)18-7-5-10-22(2)16-18/h3-4,6,8,15,18H,1,5,7,9-14,16H2,2H3,(H,21,25). The van der Waals surface area contributed by atoms with Gasteiger partial charge in [0, 0.05) is 50.9 Å². The largest absolute Gasteiger partial charge is 0.349 e. The number of nitrogens with one attached hydrogen (secondary N) is 1. The summed E-state index contributed by atoms with van der Waals surface area (Å²) < 4.78 is 27.7. The van der Waals surface area contributed by atoms with Gasteiger partial charge in [0.1, 0.15) is 0 Å². The summed E-state index contributed by atoms with van der Waals surface area (Å²) in [6.45, 7) is 8.55. The van der Waals surface area contributed by atoms with Crippen molar-refractivity contribution in [2.45, 2.75) is 23.8 Å². The molecule has 0 aliphatic carbocycles. The van der Waals surface area contributed by atoms with E-state index in [4.69, 9.17) is 0 Å². The van der Waals surface area contributed by atoms with Crippen molar-refractivity contribution in [3.63, 3.8) is 0 Å². The van der Waals surface area contributed by atoms with Crippen LogP contribution in [0.25, 0.3) is 0 Å². The first-order valence-electron chi connectivity index (χ1n) is 9.83. The molecular weight excluding hydrogens is 376 g/mol. The molecule has 1 N–H and O–H groups in total. The first-order chi connectivity index (χ1) is 13.4. The maximum atomic E-state index is 13.1. The van der Waals surface area contributed by atoms with E-state index in [1.807, 2.05) is 0 Å². The highest BCUT2D eigenvalue weighted by Gasteiger charge is 2.32. The van der Waals surface area contributed by atoms with E-state index in [1.165, 1.54) is 23.2 Å². The van der Waals surface area contributed by atoms with Crippen LogP contribution in [0.3, 0.4) is 0 Å². The number of carbonyl (C=O) groups is 1. The van der Waals surface area contributed by atoms with Crippen LogP contribution in [0.1, 0.15) is 23.2 Å². The van der Waals surface area contributed by atoms with Gasteiger partial charge in [-0.15, -0.1) is 6.58 Å². The molecular formula is C20H30N4O3S. The minimum atomic E-state index is -3.61. The van der Waals surface area contributed by atoms with Gasteiger partial charge in [0.05, 0.1) is 4.90 Å². The van der Waals surface area contributed by atoms with Crippen LogP contribution in [-0.2, 0) is 10.0 Å². The topological polar surface area (TPSA) is 73.0 Å². The molecule has 2 heterocycles. The van der Waals surface area contributed by atoms with E-state index >= 15 is 0 Å². The fourth-order valence-corrected chi connectivity index (χ4v) is 5.43. The highest BCUT2D eigenvalue weighted by molar-refractivity contribution is 7.89. The van der Waals surface area contributed by atoms with Crippen molar-refractivity contribution in [2.24, 2.45) is 0 Å². The molecule has 1 aromatic carbocycles. The van der Waals surface area contributed by atoms with Gasteiger partial charge in [0.15, 0.2) is 0 Å². The van der Waals surface area contributed by atoms with E-state index in [0.717, 1.165) is 26.2 Å². The summed E-state index contributed by atoms with van der Waals surface area (Å²) in [5.74, 6) is -0.303. The Bertz CT molecular complexity index is 803. The molecule has 2 aliphatic heterocycles. The number of piperidine rings is 1. The quantitative estimate of drug-likeness (QED) is 0.714. The second-order valence-electron chi connectivity index (χ2n) is 7.52. The molecule has 7 nitrogen and oxygen atoms in total. The van der Waals surface area contributed by atoms with Gasteiger partial charge in [0.25, 0.3) is 5.91 Å². The molecule has 28 heavy (non-hydrogen) atoms. The van der Waals surface area contributed by atoms with Crippen LogP contribution in [0.2, 0.25) is 0 Å². The van der Waals surface area contributed by atoms with Gasteiger partial charge >= 0.3 is 0 Å². The third-order valence-corrected chi connectivity index (χ3v) is 7.42. The SMILES string of the molecule is C=CCNC(=O)c1cccc(S(=O)(=O)N2CCN(C3CCCN(C)C3)CC2)c1. The molecule has 2 saturated heterocycles. The lowest BCUT2D eigenvalue weighted by molar-refractivity contribution is 0.0824. The molecule has 0 saturated carbocycles. The Morgan fingerprint density at radius 2 is 2.00 bits per heavy atom. The van der Waals surface area contributed by atoms with Crippen LogP contribution >= 0.6 is 0 Å². The Balaban J connectivity index is 1.65. The van der Waals surface area contributed by atoms with Gasteiger partial charge in [-0.3, -0.25) is 9.69 Å². The van der Waals surface area contributed by atoms with Crippen LogP contribution in [0.15, 0.2) is 41.8 Å². The molecule has 0 aromatic heterocycles. The number of carbonyl (C=O) groups excluding carboxylic acids is 1. The van der Waals surface area contributed by atoms with E-state index in [2.05, 4.69) is 28.7 Å².